The molecule has 3 saturated heterocycles. The zero-order chi connectivity index (χ0) is 66.8. The Morgan fingerprint density at radius 3 is 1.12 bits per heavy atom. The smallest absolute Gasteiger partial charge is 0.220 e. The van der Waals surface area contributed by atoms with E-state index in [4.69, 9.17) is 28.4 Å². The van der Waals surface area contributed by atoms with Crippen LogP contribution in [0, 0.1) is 0 Å². The lowest BCUT2D eigenvalue weighted by molar-refractivity contribution is -0.379. The summed E-state index contributed by atoms with van der Waals surface area (Å²) in [7, 11) is 0. The molecule has 0 aromatic rings. The first-order valence-corrected chi connectivity index (χ1v) is 37.2. The molecule has 0 aliphatic carbocycles. The third-order valence-electron chi connectivity index (χ3n) is 18.7. The molecule has 0 bridgehead atoms. The van der Waals surface area contributed by atoms with Crippen LogP contribution in [0.1, 0.15) is 290 Å². The Hall–Kier alpha value is -1.99. The van der Waals surface area contributed by atoms with Gasteiger partial charge >= 0.3 is 0 Å². The first-order valence-electron chi connectivity index (χ1n) is 37.2. The minimum absolute atomic E-state index is 0.240. The van der Waals surface area contributed by atoms with Crippen molar-refractivity contribution >= 4 is 5.91 Å². The van der Waals surface area contributed by atoms with Crippen LogP contribution in [0.2, 0.25) is 0 Å². The van der Waals surface area contributed by atoms with Crippen molar-refractivity contribution in [2.45, 2.75) is 394 Å². The van der Waals surface area contributed by atoms with Crippen LogP contribution >= 0.6 is 0 Å². The van der Waals surface area contributed by atoms with Crippen LogP contribution in [0.5, 0.6) is 0 Å². The molecule has 17 atom stereocenters. The maximum atomic E-state index is 13.4. The fraction of sp³-hybridized carbons (Fsp3) is 0.904. The molecule has 12 N–H and O–H groups in total. The second-order valence-electron chi connectivity index (χ2n) is 26.8. The quantitative estimate of drug-likeness (QED) is 0.0199. The number of allylic oxidation sites excluding steroid dienone is 6. The molecule has 0 aromatic carbocycles. The first-order chi connectivity index (χ1) is 44.8. The Balaban J connectivity index is 1.37. The van der Waals surface area contributed by atoms with Gasteiger partial charge in [-0.05, 0) is 51.4 Å². The summed E-state index contributed by atoms with van der Waals surface area (Å²) in [4.78, 5) is 13.4. The van der Waals surface area contributed by atoms with E-state index in [2.05, 4.69) is 55.6 Å². The summed E-state index contributed by atoms with van der Waals surface area (Å²) in [5.41, 5.74) is 0. The summed E-state index contributed by atoms with van der Waals surface area (Å²) in [5.74, 6) is -0.240. The van der Waals surface area contributed by atoms with Crippen molar-refractivity contribution in [1.29, 1.82) is 0 Å². The fourth-order valence-electron chi connectivity index (χ4n) is 12.7. The summed E-state index contributed by atoms with van der Waals surface area (Å²) in [5, 5.41) is 121. The van der Waals surface area contributed by atoms with E-state index in [1.54, 1.807) is 0 Å². The highest BCUT2D eigenvalue weighted by Crippen LogP contribution is 2.33. The van der Waals surface area contributed by atoms with Crippen LogP contribution in [0.15, 0.2) is 36.5 Å². The van der Waals surface area contributed by atoms with E-state index >= 15 is 0 Å². The number of aliphatic hydroxyl groups is 11. The number of nitrogens with one attached hydrogen (secondary N) is 1. The monoisotopic (exact) mass is 1310 g/mol. The molecule has 0 radical (unpaired) electrons. The Morgan fingerprint density at radius 1 is 0.391 bits per heavy atom. The Kier molecular flexibility index (Phi) is 50.3. The topological polar surface area (TPSA) is 307 Å². The molecule has 3 aliphatic rings. The number of amides is 1. The van der Waals surface area contributed by atoms with Crippen molar-refractivity contribution in [3.05, 3.63) is 36.5 Å². The number of carbonyl (C=O) groups is 1. The van der Waals surface area contributed by atoms with Gasteiger partial charge in [-0.25, -0.2) is 0 Å². The molecule has 1 amide bonds. The zero-order valence-electron chi connectivity index (χ0n) is 57.3. The van der Waals surface area contributed by atoms with Gasteiger partial charge in [0.2, 0.25) is 5.91 Å². The lowest BCUT2D eigenvalue weighted by atomic mass is 9.96. The fourth-order valence-corrected chi connectivity index (χ4v) is 12.7. The molecule has 92 heavy (non-hydrogen) atoms. The van der Waals surface area contributed by atoms with Crippen molar-refractivity contribution in [1.82, 2.24) is 5.32 Å². The van der Waals surface area contributed by atoms with Crippen LogP contribution in [-0.4, -0.2) is 193 Å². The molecular weight excluding hydrogens is 1180 g/mol. The molecule has 19 nitrogen and oxygen atoms in total. The summed E-state index contributed by atoms with van der Waals surface area (Å²) in [6.07, 6.45) is 38.0. The van der Waals surface area contributed by atoms with Gasteiger partial charge in [-0.3, -0.25) is 4.79 Å². The van der Waals surface area contributed by atoms with Gasteiger partial charge in [0.15, 0.2) is 18.9 Å². The maximum absolute atomic E-state index is 13.4. The molecule has 0 spiro atoms. The van der Waals surface area contributed by atoms with Crippen molar-refractivity contribution < 1.29 is 89.4 Å². The number of unbranched alkanes of at least 4 members (excludes halogenated alkanes) is 36. The molecule has 3 heterocycles. The number of carbonyl (C=O) groups excluding carboxylic acids is 1. The molecule has 3 fully saturated rings. The maximum Gasteiger partial charge on any atom is 0.220 e. The van der Waals surface area contributed by atoms with E-state index in [1.165, 1.54) is 199 Å². The van der Waals surface area contributed by atoms with E-state index in [0.29, 0.717) is 12.8 Å². The molecule has 17 unspecified atom stereocenters. The zero-order valence-corrected chi connectivity index (χ0v) is 57.3. The Labute approximate surface area is 555 Å². The molecule has 3 rings (SSSR count). The van der Waals surface area contributed by atoms with Crippen molar-refractivity contribution in [3.63, 3.8) is 0 Å². The van der Waals surface area contributed by atoms with E-state index in [1.807, 2.05) is 0 Å². The molecule has 540 valence electrons. The average Bonchev–Trinajstić information content (AvgIpc) is 0.834. The van der Waals surface area contributed by atoms with Crippen molar-refractivity contribution in [2.24, 2.45) is 0 Å². The van der Waals surface area contributed by atoms with Crippen molar-refractivity contribution in [2.75, 3.05) is 26.4 Å². The van der Waals surface area contributed by atoms with Crippen LogP contribution in [0.4, 0.5) is 0 Å². The number of aliphatic hydroxyl groups excluding tert-OH is 11. The second-order valence-corrected chi connectivity index (χ2v) is 26.8. The minimum atomic E-state index is -1.97. The highest BCUT2D eigenvalue weighted by molar-refractivity contribution is 5.76. The molecule has 19 heteroatoms. The summed E-state index contributed by atoms with van der Waals surface area (Å²) in [6, 6.07) is -0.887. The predicted molar refractivity (Wildman–Crippen MR) is 360 cm³/mol. The summed E-state index contributed by atoms with van der Waals surface area (Å²) < 4.78 is 34.4. The number of hydrogen-bond donors (Lipinski definition) is 12. The van der Waals surface area contributed by atoms with Gasteiger partial charge in [0.05, 0.1) is 38.6 Å². The lowest BCUT2D eigenvalue weighted by Gasteiger charge is -2.48. The van der Waals surface area contributed by atoms with Gasteiger partial charge in [0, 0.05) is 6.42 Å². The molecule has 0 saturated carbocycles. The number of ether oxygens (including phenoxy) is 6. The van der Waals surface area contributed by atoms with E-state index < -0.39 is 124 Å². The van der Waals surface area contributed by atoms with Crippen LogP contribution in [-0.2, 0) is 33.2 Å². The highest BCUT2D eigenvalue weighted by atomic mass is 16.8. The van der Waals surface area contributed by atoms with E-state index in [9.17, 15) is 61.0 Å². The van der Waals surface area contributed by atoms with Gasteiger partial charge < -0.3 is 89.9 Å². The Bertz CT molecular complexity index is 1810. The van der Waals surface area contributed by atoms with Gasteiger partial charge in [-0.2, -0.15) is 0 Å². The predicted octanol–water partition coefficient (Wildman–Crippen LogP) is 10.8. The molecular formula is C73H135NO18. The minimum Gasteiger partial charge on any atom is -0.394 e. The summed E-state index contributed by atoms with van der Waals surface area (Å²) in [6.45, 7) is 1.81. The lowest BCUT2D eigenvalue weighted by Crippen LogP contribution is -2.66. The third-order valence-corrected chi connectivity index (χ3v) is 18.7. The van der Waals surface area contributed by atoms with Crippen LogP contribution in [0.25, 0.3) is 0 Å². The average molecular weight is 1310 g/mol. The largest absolute Gasteiger partial charge is 0.394 e. The first kappa shape index (κ1) is 84.2. The van der Waals surface area contributed by atoms with Gasteiger partial charge in [-0.1, -0.05) is 269 Å². The van der Waals surface area contributed by atoms with Gasteiger partial charge in [-0.15, -0.1) is 0 Å². The van der Waals surface area contributed by atoms with Crippen LogP contribution in [0.3, 0.4) is 0 Å². The SMILES string of the molecule is CCCCCCC/C=C\C/C=C\C/C=C\CCCCCCCCCCCCCCCCCCC(=O)NC(COC1OC(CO)C(OC2OC(CO)C(OC3OC(CO)C(O)C(O)C3O)C(O)C2O)C(O)C1O)C(O)CCCCCCCCCCCCCCCCCC. The second kappa shape index (κ2) is 55.0. The summed E-state index contributed by atoms with van der Waals surface area (Å²) >= 11 is 0. The number of hydrogen-bond acceptors (Lipinski definition) is 18. The Morgan fingerprint density at radius 2 is 0.717 bits per heavy atom. The van der Waals surface area contributed by atoms with Crippen molar-refractivity contribution in [3.8, 4) is 0 Å². The third kappa shape index (κ3) is 36.0. The number of rotatable bonds is 58. The van der Waals surface area contributed by atoms with E-state index in [0.717, 1.165) is 57.8 Å². The molecule has 3 aliphatic heterocycles. The van der Waals surface area contributed by atoms with E-state index in [-0.39, 0.29) is 18.9 Å². The van der Waals surface area contributed by atoms with Gasteiger partial charge in [0.25, 0.3) is 0 Å². The molecule has 0 aromatic heterocycles. The standard InChI is InChI=1S/C73H135NO18/c1-3-5-7-9-11-13-15-17-19-21-22-23-24-25-26-27-28-29-30-31-32-33-34-35-37-39-41-43-45-47-49-51-61(79)74-56(57(78)50-48-46-44-42-40-38-36-20-18-16-14-12-10-8-6-4-2)55-87-71-67(85)64(82)69(59(53-76)89-71)92-73-68(86)65(83)70(60(54-77)90-73)91-72-66(84)63(81)62(80)58(52-75)88-72/h15,17,21-22,24-25,56-60,62-73,75-78,80-86H,3-14,16,18-20,23,26-55H2,1-2H3,(H,74,79)/b17-15-,22-21-,25-24-. The van der Waals surface area contributed by atoms with Gasteiger partial charge in [0.1, 0.15) is 73.2 Å². The normalized spacial score (nSPS) is 27.9. The highest BCUT2D eigenvalue weighted by Gasteiger charge is 2.53. The van der Waals surface area contributed by atoms with Crippen LogP contribution < -0.4 is 5.32 Å².